The third-order valence-electron chi connectivity index (χ3n) is 2.36. The molecule has 88 valence electrons. The van der Waals surface area contributed by atoms with Gasteiger partial charge in [-0.1, -0.05) is 18.2 Å². The molecule has 0 aromatic heterocycles. The molecule has 0 aliphatic heterocycles. The fourth-order valence-corrected chi connectivity index (χ4v) is 1.60. The van der Waals surface area contributed by atoms with Gasteiger partial charge in [0.1, 0.15) is 0 Å². The Morgan fingerprint density at radius 2 is 1.65 bits per heavy atom. The van der Waals surface area contributed by atoms with Crippen molar-refractivity contribution >= 4 is 35.1 Å². The van der Waals surface area contributed by atoms with Crippen LogP contribution in [0.2, 0.25) is 0 Å². The van der Waals surface area contributed by atoms with Gasteiger partial charge in [-0.2, -0.15) is 0 Å². The normalized spacial score (nSPS) is 9.65. The Morgan fingerprint density at radius 3 is 2.24 bits per heavy atom. The highest BCUT2D eigenvalue weighted by Crippen LogP contribution is 2.20. The van der Waals surface area contributed by atoms with E-state index in [0.29, 0.717) is 10.8 Å². The van der Waals surface area contributed by atoms with Crippen LogP contribution < -0.4 is 0 Å². The lowest BCUT2D eigenvalue weighted by molar-refractivity contribution is 0.0688. The second-order valence-electron chi connectivity index (χ2n) is 3.35. The number of hydrogen-bond acceptors (Lipinski definition) is 2. The van der Waals surface area contributed by atoms with Crippen LogP contribution in [0.4, 0.5) is 0 Å². The molecule has 0 aliphatic carbocycles. The minimum atomic E-state index is -1.03. The van der Waals surface area contributed by atoms with Crippen molar-refractivity contribution in [2.75, 3.05) is 0 Å². The molecule has 0 aliphatic rings. The van der Waals surface area contributed by atoms with Gasteiger partial charge in [-0.15, -0.1) is 12.4 Å². The third-order valence-corrected chi connectivity index (χ3v) is 2.36. The standard InChI is InChI=1S/C12H8O4.ClH/c13-11(14)8-4-5-9-7(6-8)2-1-3-10(9)12(15)16;/h1-6H,(H,13,14)(H,15,16);1H. The molecular formula is C12H9ClO4. The topological polar surface area (TPSA) is 74.6 Å². The number of halogens is 1. The van der Waals surface area contributed by atoms with Crippen molar-refractivity contribution in [1.29, 1.82) is 0 Å². The molecule has 0 saturated carbocycles. The fraction of sp³-hybridized carbons (Fsp3) is 0. The molecule has 2 aromatic carbocycles. The molecule has 0 fully saturated rings. The van der Waals surface area contributed by atoms with Crippen molar-refractivity contribution in [3.63, 3.8) is 0 Å². The number of aromatic carboxylic acids is 2. The first kappa shape index (κ1) is 13.0. The molecule has 0 atom stereocenters. The smallest absolute Gasteiger partial charge is 0.336 e. The van der Waals surface area contributed by atoms with Crippen molar-refractivity contribution in [3.8, 4) is 0 Å². The SMILES string of the molecule is Cl.O=C(O)c1ccc2c(C(=O)O)cccc2c1. The van der Waals surface area contributed by atoms with E-state index in [-0.39, 0.29) is 23.5 Å². The summed E-state index contributed by atoms with van der Waals surface area (Å²) >= 11 is 0. The highest BCUT2D eigenvalue weighted by molar-refractivity contribution is 6.05. The molecule has 0 unspecified atom stereocenters. The van der Waals surface area contributed by atoms with E-state index in [1.807, 2.05) is 0 Å². The Bertz CT molecular complexity index is 592. The summed E-state index contributed by atoms with van der Waals surface area (Å²) in [5.41, 5.74) is 0.324. The Morgan fingerprint density at radius 1 is 0.941 bits per heavy atom. The first-order valence-electron chi connectivity index (χ1n) is 4.59. The van der Waals surface area contributed by atoms with Crippen LogP contribution in [-0.4, -0.2) is 22.2 Å². The van der Waals surface area contributed by atoms with Gasteiger partial charge in [0, 0.05) is 0 Å². The molecule has 2 N–H and O–H groups in total. The summed E-state index contributed by atoms with van der Waals surface area (Å²) in [5.74, 6) is -2.05. The zero-order chi connectivity index (χ0) is 11.7. The molecule has 0 heterocycles. The molecule has 5 heteroatoms. The van der Waals surface area contributed by atoms with Crippen LogP contribution >= 0.6 is 12.4 Å². The lowest BCUT2D eigenvalue weighted by Crippen LogP contribution is -1.99. The van der Waals surface area contributed by atoms with Gasteiger partial charge in [0.25, 0.3) is 0 Å². The predicted molar refractivity (Wildman–Crippen MR) is 65.1 cm³/mol. The van der Waals surface area contributed by atoms with E-state index in [9.17, 15) is 9.59 Å². The summed E-state index contributed by atoms with van der Waals surface area (Å²) in [6.07, 6.45) is 0. The number of carbonyl (C=O) groups is 2. The van der Waals surface area contributed by atoms with E-state index in [0.717, 1.165) is 0 Å². The highest BCUT2D eigenvalue weighted by Gasteiger charge is 2.09. The molecule has 0 bridgehead atoms. The molecule has 0 radical (unpaired) electrons. The van der Waals surface area contributed by atoms with Crippen molar-refractivity contribution in [2.45, 2.75) is 0 Å². The maximum Gasteiger partial charge on any atom is 0.336 e. The van der Waals surface area contributed by atoms with E-state index in [1.165, 1.54) is 24.3 Å². The molecule has 0 saturated heterocycles. The van der Waals surface area contributed by atoms with E-state index in [2.05, 4.69) is 0 Å². The summed E-state index contributed by atoms with van der Waals surface area (Å²) < 4.78 is 0. The number of hydrogen-bond donors (Lipinski definition) is 2. The van der Waals surface area contributed by atoms with Gasteiger partial charge < -0.3 is 10.2 Å². The Balaban J connectivity index is 0.00000144. The molecule has 2 rings (SSSR count). The number of fused-ring (bicyclic) bond motifs is 1. The monoisotopic (exact) mass is 252 g/mol. The van der Waals surface area contributed by atoms with Crippen molar-refractivity contribution < 1.29 is 19.8 Å². The zero-order valence-corrected chi connectivity index (χ0v) is 9.40. The first-order chi connectivity index (χ1) is 7.59. The largest absolute Gasteiger partial charge is 0.478 e. The maximum absolute atomic E-state index is 10.9. The van der Waals surface area contributed by atoms with E-state index >= 15 is 0 Å². The maximum atomic E-state index is 10.9. The van der Waals surface area contributed by atoms with Crippen LogP contribution in [0, 0.1) is 0 Å². The number of benzene rings is 2. The molecule has 4 nitrogen and oxygen atoms in total. The Labute approximate surface area is 103 Å². The molecule has 0 spiro atoms. The van der Waals surface area contributed by atoms with Crippen molar-refractivity contribution in [1.82, 2.24) is 0 Å². The van der Waals surface area contributed by atoms with Crippen LogP contribution in [0.1, 0.15) is 20.7 Å². The summed E-state index contributed by atoms with van der Waals surface area (Å²) in [4.78, 5) is 21.7. The van der Waals surface area contributed by atoms with Gasteiger partial charge in [0.15, 0.2) is 0 Å². The zero-order valence-electron chi connectivity index (χ0n) is 8.58. The number of carboxylic acid groups (broad SMARTS) is 2. The van der Waals surface area contributed by atoms with Crippen LogP contribution in [0.25, 0.3) is 10.8 Å². The average molecular weight is 253 g/mol. The van der Waals surface area contributed by atoms with E-state index in [4.69, 9.17) is 10.2 Å². The second-order valence-corrected chi connectivity index (χ2v) is 3.35. The van der Waals surface area contributed by atoms with Crippen LogP contribution in [0.15, 0.2) is 36.4 Å². The van der Waals surface area contributed by atoms with Gasteiger partial charge >= 0.3 is 11.9 Å². The summed E-state index contributed by atoms with van der Waals surface area (Å²) in [6, 6.07) is 9.15. The minimum absolute atomic E-state index is 0. The molecule has 0 amide bonds. The highest BCUT2D eigenvalue weighted by atomic mass is 35.5. The Kier molecular flexibility index (Phi) is 3.70. The summed E-state index contributed by atoms with van der Waals surface area (Å²) in [5, 5.41) is 18.9. The molecular weight excluding hydrogens is 244 g/mol. The summed E-state index contributed by atoms with van der Waals surface area (Å²) in [6.45, 7) is 0. The minimum Gasteiger partial charge on any atom is -0.478 e. The van der Waals surface area contributed by atoms with Gasteiger partial charge in [0.05, 0.1) is 11.1 Å². The van der Waals surface area contributed by atoms with Crippen molar-refractivity contribution in [2.24, 2.45) is 0 Å². The van der Waals surface area contributed by atoms with Gasteiger partial charge in [-0.25, -0.2) is 9.59 Å². The molecule has 17 heavy (non-hydrogen) atoms. The van der Waals surface area contributed by atoms with Crippen LogP contribution in [0.5, 0.6) is 0 Å². The van der Waals surface area contributed by atoms with Gasteiger partial charge in [-0.3, -0.25) is 0 Å². The summed E-state index contributed by atoms with van der Waals surface area (Å²) in [7, 11) is 0. The lowest BCUT2D eigenvalue weighted by Gasteiger charge is -2.03. The quantitative estimate of drug-likeness (QED) is 0.862. The fourth-order valence-electron chi connectivity index (χ4n) is 1.60. The molecule has 2 aromatic rings. The second kappa shape index (κ2) is 4.84. The van der Waals surface area contributed by atoms with Gasteiger partial charge in [0.2, 0.25) is 0 Å². The lowest BCUT2D eigenvalue weighted by atomic mass is 10.0. The van der Waals surface area contributed by atoms with Gasteiger partial charge in [-0.05, 0) is 29.0 Å². The van der Waals surface area contributed by atoms with E-state index in [1.54, 1.807) is 12.1 Å². The first-order valence-corrected chi connectivity index (χ1v) is 4.59. The van der Waals surface area contributed by atoms with Crippen LogP contribution in [0.3, 0.4) is 0 Å². The average Bonchev–Trinajstić information content (AvgIpc) is 2.27. The Hall–Kier alpha value is -2.07. The van der Waals surface area contributed by atoms with Crippen molar-refractivity contribution in [3.05, 3.63) is 47.5 Å². The van der Waals surface area contributed by atoms with Crippen LogP contribution in [-0.2, 0) is 0 Å². The third kappa shape index (κ3) is 2.37. The number of rotatable bonds is 2. The number of carboxylic acids is 2. The predicted octanol–water partition coefficient (Wildman–Crippen LogP) is 2.66. The van der Waals surface area contributed by atoms with E-state index < -0.39 is 11.9 Å².